The molecule has 0 atom stereocenters. The van der Waals surface area contributed by atoms with Gasteiger partial charge in [0, 0.05) is 24.5 Å². The van der Waals surface area contributed by atoms with Gasteiger partial charge in [0.05, 0.1) is 16.8 Å². The summed E-state index contributed by atoms with van der Waals surface area (Å²) < 4.78 is 11.9. The molecule has 5 nitrogen and oxygen atoms in total. The number of rotatable bonds is 5. The molecule has 1 amide bonds. The first-order valence-corrected chi connectivity index (χ1v) is 8.90. The summed E-state index contributed by atoms with van der Waals surface area (Å²) in [5.41, 5.74) is 1.91. The van der Waals surface area contributed by atoms with Gasteiger partial charge in [0.1, 0.15) is 5.75 Å². The van der Waals surface area contributed by atoms with Gasteiger partial charge in [0.15, 0.2) is 6.61 Å². The Balaban J connectivity index is 1.52. The minimum absolute atomic E-state index is 0.00870. The molecule has 0 aliphatic carbocycles. The number of halogens is 1. The van der Waals surface area contributed by atoms with Crippen molar-refractivity contribution < 1.29 is 14.3 Å². The average molecular weight is 438 g/mol. The molecule has 2 aromatic carbocycles. The van der Waals surface area contributed by atoms with Crippen LogP contribution in [0, 0.1) is 3.57 Å². The quantitative estimate of drug-likeness (QED) is 0.730. The number of para-hydroxylation sites is 1. The van der Waals surface area contributed by atoms with Crippen LogP contribution in [-0.2, 0) is 9.53 Å². The van der Waals surface area contributed by atoms with E-state index in [9.17, 15) is 4.79 Å². The number of carbonyl (C=O) groups excluding carboxylic acids is 1. The van der Waals surface area contributed by atoms with Crippen molar-refractivity contribution in [2.75, 3.05) is 43.1 Å². The Labute approximate surface area is 155 Å². The summed E-state index contributed by atoms with van der Waals surface area (Å²) in [6, 6.07) is 15.5. The molecule has 0 bridgehead atoms. The van der Waals surface area contributed by atoms with E-state index in [1.54, 1.807) is 0 Å². The molecule has 1 heterocycles. The van der Waals surface area contributed by atoms with Crippen LogP contribution in [-0.4, -0.2) is 38.8 Å². The Morgan fingerprint density at radius 2 is 1.83 bits per heavy atom. The largest absolute Gasteiger partial charge is 0.483 e. The van der Waals surface area contributed by atoms with Gasteiger partial charge in [0.25, 0.3) is 5.91 Å². The normalized spacial score (nSPS) is 14.3. The summed E-state index contributed by atoms with van der Waals surface area (Å²) >= 11 is 2.19. The minimum atomic E-state index is -0.172. The van der Waals surface area contributed by atoms with Crippen molar-refractivity contribution in [1.82, 2.24) is 0 Å². The molecule has 1 N–H and O–H groups in total. The second kappa shape index (κ2) is 8.34. The fourth-order valence-electron chi connectivity index (χ4n) is 2.48. The number of nitrogens with zero attached hydrogens (tertiary/aromatic N) is 1. The number of carbonyl (C=O) groups is 1. The van der Waals surface area contributed by atoms with Gasteiger partial charge >= 0.3 is 0 Å². The molecule has 24 heavy (non-hydrogen) atoms. The van der Waals surface area contributed by atoms with E-state index >= 15 is 0 Å². The summed E-state index contributed by atoms with van der Waals surface area (Å²) in [5.74, 6) is 0.546. The van der Waals surface area contributed by atoms with Gasteiger partial charge in [-0.15, -0.1) is 0 Å². The van der Waals surface area contributed by atoms with E-state index in [2.05, 4.69) is 32.8 Å². The molecule has 2 aromatic rings. The van der Waals surface area contributed by atoms with E-state index in [1.807, 2.05) is 48.5 Å². The smallest absolute Gasteiger partial charge is 0.262 e. The predicted octanol–water partition coefficient (Wildman–Crippen LogP) is 3.15. The molecule has 1 saturated heterocycles. The Morgan fingerprint density at radius 1 is 1.12 bits per heavy atom. The minimum Gasteiger partial charge on any atom is -0.483 e. The zero-order chi connectivity index (χ0) is 16.8. The van der Waals surface area contributed by atoms with Crippen molar-refractivity contribution in [3.05, 3.63) is 52.1 Å². The topological polar surface area (TPSA) is 50.8 Å². The summed E-state index contributed by atoms with van der Waals surface area (Å²) in [5, 5.41) is 2.85. The van der Waals surface area contributed by atoms with Crippen molar-refractivity contribution in [3.63, 3.8) is 0 Å². The second-order valence-corrected chi connectivity index (χ2v) is 6.58. The highest BCUT2D eigenvalue weighted by Crippen LogP contribution is 2.20. The van der Waals surface area contributed by atoms with E-state index in [1.165, 1.54) is 0 Å². The molecule has 0 radical (unpaired) electrons. The van der Waals surface area contributed by atoms with E-state index in [-0.39, 0.29) is 12.5 Å². The SMILES string of the molecule is O=C(COc1ccccc1I)Nc1ccc(N2CCOCC2)cc1. The molecule has 1 aliphatic heterocycles. The summed E-state index contributed by atoms with van der Waals surface area (Å²) in [7, 11) is 0. The highest BCUT2D eigenvalue weighted by atomic mass is 127. The van der Waals surface area contributed by atoms with Gasteiger partial charge in [0.2, 0.25) is 0 Å². The molecule has 0 unspecified atom stereocenters. The number of hydrogen-bond acceptors (Lipinski definition) is 4. The second-order valence-electron chi connectivity index (χ2n) is 5.41. The first-order chi connectivity index (χ1) is 11.7. The van der Waals surface area contributed by atoms with Gasteiger partial charge in [-0.1, -0.05) is 12.1 Å². The highest BCUT2D eigenvalue weighted by Gasteiger charge is 2.11. The van der Waals surface area contributed by atoms with E-state index < -0.39 is 0 Å². The predicted molar refractivity (Wildman–Crippen MR) is 103 cm³/mol. The average Bonchev–Trinajstić information content (AvgIpc) is 2.62. The highest BCUT2D eigenvalue weighted by molar-refractivity contribution is 14.1. The lowest BCUT2D eigenvalue weighted by Gasteiger charge is -2.28. The molecule has 126 valence electrons. The summed E-state index contributed by atoms with van der Waals surface area (Å²) in [6.07, 6.45) is 0. The van der Waals surface area contributed by atoms with Crippen molar-refractivity contribution in [2.24, 2.45) is 0 Å². The van der Waals surface area contributed by atoms with Crippen LogP contribution in [0.4, 0.5) is 11.4 Å². The fourth-order valence-corrected chi connectivity index (χ4v) is 3.02. The van der Waals surface area contributed by atoms with Crippen LogP contribution in [0.2, 0.25) is 0 Å². The van der Waals surface area contributed by atoms with Crippen molar-refractivity contribution >= 4 is 39.9 Å². The van der Waals surface area contributed by atoms with E-state index in [0.717, 1.165) is 47.0 Å². The molecule has 3 rings (SSSR count). The monoisotopic (exact) mass is 438 g/mol. The Morgan fingerprint density at radius 3 is 2.54 bits per heavy atom. The number of ether oxygens (including phenoxy) is 2. The molecule has 0 saturated carbocycles. The van der Waals surface area contributed by atoms with Crippen LogP contribution >= 0.6 is 22.6 Å². The van der Waals surface area contributed by atoms with Crippen molar-refractivity contribution in [2.45, 2.75) is 0 Å². The number of hydrogen-bond donors (Lipinski definition) is 1. The summed E-state index contributed by atoms with van der Waals surface area (Å²) in [4.78, 5) is 14.3. The number of benzene rings is 2. The molecule has 0 spiro atoms. The van der Waals surface area contributed by atoms with E-state index in [0.29, 0.717) is 0 Å². The van der Waals surface area contributed by atoms with Crippen LogP contribution in [0.1, 0.15) is 0 Å². The third kappa shape index (κ3) is 4.61. The third-order valence-electron chi connectivity index (χ3n) is 3.72. The maximum atomic E-state index is 12.0. The zero-order valence-electron chi connectivity index (χ0n) is 13.2. The van der Waals surface area contributed by atoms with Crippen LogP contribution in [0.15, 0.2) is 48.5 Å². The van der Waals surface area contributed by atoms with Crippen molar-refractivity contribution in [3.8, 4) is 5.75 Å². The van der Waals surface area contributed by atoms with E-state index in [4.69, 9.17) is 9.47 Å². The molecule has 1 aliphatic rings. The lowest BCUT2D eigenvalue weighted by Crippen LogP contribution is -2.36. The van der Waals surface area contributed by atoms with Gasteiger partial charge in [-0.3, -0.25) is 4.79 Å². The number of amides is 1. The first-order valence-electron chi connectivity index (χ1n) is 7.82. The van der Waals surface area contributed by atoms with Gasteiger partial charge in [-0.25, -0.2) is 0 Å². The molecular weight excluding hydrogens is 419 g/mol. The van der Waals surface area contributed by atoms with Crippen molar-refractivity contribution in [1.29, 1.82) is 0 Å². The number of morpholine rings is 1. The molecule has 0 aromatic heterocycles. The zero-order valence-corrected chi connectivity index (χ0v) is 15.4. The lowest BCUT2D eigenvalue weighted by molar-refractivity contribution is -0.118. The number of anilines is 2. The van der Waals surface area contributed by atoms with Crippen LogP contribution in [0.25, 0.3) is 0 Å². The molecular formula is C18H19IN2O3. The summed E-state index contributed by atoms with van der Waals surface area (Å²) in [6.45, 7) is 3.30. The van der Waals surface area contributed by atoms with Gasteiger partial charge in [-0.05, 0) is 59.0 Å². The Kier molecular flexibility index (Phi) is 5.92. The van der Waals surface area contributed by atoms with Gasteiger partial charge in [-0.2, -0.15) is 0 Å². The van der Waals surface area contributed by atoms with Crippen LogP contribution < -0.4 is 15.0 Å². The molecule has 1 fully saturated rings. The fraction of sp³-hybridized carbons (Fsp3) is 0.278. The first kappa shape index (κ1) is 17.0. The third-order valence-corrected chi connectivity index (χ3v) is 4.61. The molecule has 6 heteroatoms. The number of nitrogens with one attached hydrogen (secondary N) is 1. The van der Waals surface area contributed by atoms with Gasteiger partial charge < -0.3 is 19.7 Å². The van der Waals surface area contributed by atoms with Crippen LogP contribution in [0.5, 0.6) is 5.75 Å². The maximum absolute atomic E-state index is 12.0. The lowest BCUT2D eigenvalue weighted by atomic mass is 10.2. The van der Waals surface area contributed by atoms with Crippen LogP contribution in [0.3, 0.4) is 0 Å². The Hall–Kier alpha value is -1.80. The Bertz CT molecular complexity index is 685. The standard InChI is InChI=1S/C18H19IN2O3/c19-16-3-1-2-4-17(16)24-13-18(22)20-14-5-7-15(8-6-14)21-9-11-23-12-10-21/h1-8H,9-13H2,(H,20,22). The maximum Gasteiger partial charge on any atom is 0.262 e.